The van der Waals surface area contributed by atoms with Gasteiger partial charge < -0.3 is 14.8 Å². The van der Waals surface area contributed by atoms with Crippen LogP contribution < -0.4 is 10.4 Å². The van der Waals surface area contributed by atoms with E-state index in [2.05, 4.69) is 15.6 Å². The number of phenolic OH excluding ortho intramolecular Hbond substituents is 1. The molecule has 0 fully saturated rings. The summed E-state index contributed by atoms with van der Waals surface area (Å²) >= 11 is 0. The van der Waals surface area contributed by atoms with Crippen LogP contribution in [0.4, 0.5) is 11.4 Å². The molecule has 0 bridgehead atoms. The molecule has 1 aliphatic heterocycles. The number of aromatic nitrogens is 1. The molecule has 0 radical (unpaired) electrons. The van der Waals surface area contributed by atoms with Crippen molar-refractivity contribution in [1.29, 1.82) is 0 Å². The van der Waals surface area contributed by atoms with Crippen LogP contribution in [0.1, 0.15) is 27.0 Å². The van der Waals surface area contributed by atoms with E-state index in [-0.39, 0.29) is 22.7 Å². The molecule has 9 heteroatoms. The first-order valence-corrected chi connectivity index (χ1v) is 11.9. The van der Waals surface area contributed by atoms with E-state index in [1.54, 1.807) is 30.3 Å². The standard InChI is InChI=1S/C29H25N5O4/c1-17-10-11-22(14-18(17)2)34-28(36)26(25(32-34)21-12-13-33(3)16-21)31-30-24-9-5-8-23(27(24)35)19-6-4-7-20(15-19)29(37)38/h4-16,30,35H,1-3H3,(H,37,38). The van der Waals surface area contributed by atoms with Crippen molar-refractivity contribution in [3.63, 3.8) is 0 Å². The number of benzene rings is 3. The van der Waals surface area contributed by atoms with Gasteiger partial charge in [0.25, 0.3) is 0 Å². The number of hydrazone groups is 2. The van der Waals surface area contributed by atoms with E-state index in [0.29, 0.717) is 22.5 Å². The number of phenols is 1. The minimum Gasteiger partial charge on any atom is -0.505 e. The third-order valence-corrected chi connectivity index (χ3v) is 6.40. The Morgan fingerprint density at radius 2 is 1.76 bits per heavy atom. The Balaban J connectivity index is 1.52. The smallest absolute Gasteiger partial charge is 0.335 e. The summed E-state index contributed by atoms with van der Waals surface area (Å²) < 4.78 is 1.85. The van der Waals surface area contributed by atoms with Gasteiger partial charge in [-0.25, -0.2) is 4.79 Å². The SMILES string of the molecule is Cc1ccc(N2N=C(c3ccn(C)c3)C(=NNc3cccc(-c4cccc(C(=O)O)c4)c3O)C2=O)cc1C. The zero-order chi connectivity index (χ0) is 27.0. The maximum absolute atomic E-state index is 13.5. The number of carbonyl (C=O) groups excluding carboxylic acids is 1. The van der Waals surface area contributed by atoms with Gasteiger partial charge in [0.2, 0.25) is 0 Å². The minimum atomic E-state index is -1.06. The fourth-order valence-electron chi connectivity index (χ4n) is 4.17. The lowest BCUT2D eigenvalue weighted by Gasteiger charge is -2.13. The molecule has 0 unspecified atom stereocenters. The van der Waals surface area contributed by atoms with Gasteiger partial charge in [-0.2, -0.15) is 15.2 Å². The van der Waals surface area contributed by atoms with Crippen LogP contribution in [0.25, 0.3) is 11.1 Å². The van der Waals surface area contributed by atoms with Crippen molar-refractivity contribution < 1.29 is 19.8 Å². The topological polar surface area (TPSA) is 120 Å². The predicted octanol–water partition coefficient (Wildman–Crippen LogP) is 4.93. The Hall–Kier alpha value is -5.18. The van der Waals surface area contributed by atoms with Crippen LogP contribution in [-0.2, 0) is 11.8 Å². The highest BCUT2D eigenvalue weighted by Crippen LogP contribution is 2.36. The molecule has 38 heavy (non-hydrogen) atoms. The van der Waals surface area contributed by atoms with Crippen molar-refractivity contribution in [3.05, 3.63) is 101 Å². The second-order valence-electron chi connectivity index (χ2n) is 9.06. The number of carboxylic acids is 1. The summed E-state index contributed by atoms with van der Waals surface area (Å²) in [5.41, 5.74) is 8.09. The van der Waals surface area contributed by atoms with E-state index in [1.807, 2.05) is 62.1 Å². The molecule has 1 aromatic heterocycles. The Labute approximate surface area is 219 Å². The number of rotatable bonds is 6. The van der Waals surface area contributed by atoms with Crippen LogP contribution in [-0.4, -0.2) is 38.1 Å². The number of nitrogens with one attached hydrogen (secondary N) is 1. The second-order valence-corrected chi connectivity index (χ2v) is 9.06. The van der Waals surface area contributed by atoms with Crippen molar-refractivity contribution >= 4 is 34.7 Å². The van der Waals surface area contributed by atoms with E-state index >= 15 is 0 Å². The van der Waals surface area contributed by atoms with Crippen molar-refractivity contribution in [2.24, 2.45) is 17.3 Å². The number of aryl methyl sites for hydroxylation is 3. The fraction of sp³-hybridized carbons (Fsp3) is 0.103. The predicted molar refractivity (Wildman–Crippen MR) is 147 cm³/mol. The molecule has 0 spiro atoms. The van der Waals surface area contributed by atoms with Gasteiger partial charge in [-0.15, -0.1) is 0 Å². The van der Waals surface area contributed by atoms with Crippen LogP contribution in [0.15, 0.2) is 89.3 Å². The highest BCUT2D eigenvalue weighted by Gasteiger charge is 2.34. The lowest BCUT2D eigenvalue weighted by molar-refractivity contribution is -0.112. The number of hydrogen-bond donors (Lipinski definition) is 3. The van der Waals surface area contributed by atoms with Crippen LogP contribution in [0.5, 0.6) is 5.75 Å². The zero-order valence-electron chi connectivity index (χ0n) is 21.0. The summed E-state index contributed by atoms with van der Waals surface area (Å²) in [5, 5.41) is 30.6. The molecule has 0 saturated carbocycles. The molecular formula is C29H25N5O4. The van der Waals surface area contributed by atoms with Crippen LogP contribution in [0, 0.1) is 13.8 Å². The highest BCUT2D eigenvalue weighted by atomic mass is 16.4. The van der Waals surface area contributed by atoms with Crippen molar-refractivity contribution in [2.45, 2.75) is 13.8 Å². The molecule has 1 aliphatic rings. The maximum atomic E-state index is 13.5. The number of nitrogens with zero attached hydrogens (tertiary/aromatic N) is 4. The summed E-state index contributed by atoms with van der Waals surface area (Å²) in [6.07, 6.45) is 3.70. The third-order valence-electron chi connectivity index (χ3n) is 6.40. The number of aromatic hydroxyl groups is 1. The average Bonchev–Trinajstić information content (AvgIpc) is 3.48. The monoisotopic (exact) mass is 507 g/mol. The average molecular weight is 508 g/mol. The van der Waals surface area contributed by atoms with Crippen LogP contribution >= 0.6 is 0 Å². The van der Waals surface area contributed by atoms with E-state index in [1.165, 1.54) is 17.1 Å². The summed E-state index contributed by atoms with van der Waals surface area (Å²) in [5.74, 6) is -1.61. The molecule has 190 valence electrons. The van der Waals surface area contributed by atoms with Gasteiger partial charge in [0.05, 0.1) is 16.9 Å². The molecule has 2 heterocycles. The molecule has 4 aromatic rings. The highest BCUT2D eigenvalue weighted by molar-refractivity contribution is 6.74. The van der Waals surface area contributed by atoms with Gasteiger partial charge in [0, 0.05) is 30.6 Å². The fourth-order valence-corrected chi connectivity index (χ4v) is 4.17. The normalized spacial score (nSPS) is 14.2. The van der Waals surface area contributed by atoms with Crippen LogP contribution in [0.3, 0.4) is 0 Å². The summed E-state index contributed by atoms with van der Waals surface area (Å²) in [7, 11) is 1.87. The van der Waals surface area contributed by atoms with E-state index in [0.717, 1.165) is 16.7 Å². The third kappa shape index (κ3) is 4.53. The van der Waals surface area contributed by atoms with Gasteiger partial charge in [-0.3, -0.25) is 10.2 Å². The van der Waals surface area contributed by atoms with Crippen LogP contribution in [0.2, 0.25) is 0 Å². The summed E-state index contributed by atoms with van der Waals surface area (Å²) in [6.45, 7) is 3.97. The van der Waals surface area contributed by atoms with Gasteiger partial charge >= 0.3 is 11.9 Å². The Bertz CT molecular complexity index is 1650. The number of para-hydroxylation sites is 1. The quantitative estimate of drug-likeness (QED) is 0.252. The second kappa shape index (κ2) is 9.70. The van der Waals surface area contributed by atoms with Gasteiger partial charge in [0.1, 0.15) is 11.5 Å². The summed E-state index contributed by atoms with van der Waals surface area (Å²) in [6, 6.07) is 18.8. The number of hydrogen-bond acceptors (Lipinski definition) is 6. The molecule has 3 aromatic carbocycles. The Morgan fingerprint density at radius 3 is 2.47 bits per heavy atom. The molecule has 0 atom stereocenters. The maximum Gasteiger partial charge on any atom is 0.335 e. The zero-order valence-corrected chi connectivity index (χ0v) is 21.0. The largest absolute Gasteiger partial charge is 0.505 e. The molecule has 5 rings (SSSR count). The first-order chi connectivity index (χ1) is 18.2. The first-order valence-electron chi connectivity index (χ1n) is 11.9. The van der Waals surface area contributed by atoms with Gasteiger partial charge in [0.15, 0.2) is 5.71 Å². The lowest BCUT2D eigenvalue weighted by Crippen LogP contribution is -2.28. The molecule has 1 amide bonds. The first kappa shape index (κ1) is 24.5. The van der Waals surface area contributed by atoms with E-state index in [4.69, 9.17) is 0 Å². The van der Waals surface area contributed by atoms with E-state index < -0.39 is 11.9 Å². The van der Waals surface area contributed by atoms with Crippen molar-refractivity contribution in [1.82, 2.24) is 4.57 Å². The molecule has 9 nitrogen and oxygen atoms in total. The number of carboxylic acid groups (broad SMARTS) is 1. The molecular weight excluding hydrogens is 482 g/mol. The van der Waals surface area contributed by atoms with Crippen molar-refractivity contribution in [2.75, 3.05) is 10.4 Å². The molecule has 3 N–H and O–H groups in total. The van der Waals surface area contributed by atoms with E-state index in [9.17, 15) is 19.8 Å². The number of anilines is 2. The van der Waals surface area contributed by atoms with Gasteiger partial charge in [-0.05, 0) is 66.9 Å². The Kier molecular flexibility index (Phi) is 6.26. The number of carbonyl (C=O) groups is 2. The number of amides is 1. The molecule has 0 aliphatic carbocycles. The lowest BCUT2D eigenvalue weighted by atomic mass is 10.0. The summed E-state index contributed by atoms with van der Waals surface area (Å²) in [4.78, 5) is 24.9. The van der Waals surface area contributed by atoms with Crippen molar-refractivity contribution in [3.8, 4) is 16.9 Å². The van der Waals surface area contributed by atoms with Gasteiger partial charge in [-0.1, -0.05) is 30.3 Å². The minimum absolute atomic E-state index is 0.0899. The Morgan fingerprint density at radius 1 is 0.974 bits per heavy atom. The molecule has 0 saturated heterocycles. The number of aromatic carboxylic acids is 1.